The second-order valence-electron chi connectivity index (χ2n) is 16.0. The minimum atomic E-state index is -0.0713. The summed E-state index contributed by atoms with van der Waals surface area (Å²) in [6, 6.07) is 59.8. The van der Waals surface area contributed by atoms with Crippen molar-refractivity contribution in [2.24, 2.45) is 0 Å². The second-order valence-corrected chi connectivity index (χ2v) is 16.0. The van der Waals surface area contributed by atoms with Gasteiger partial charge in [-0.25, -0.2) is 9.97 Å². The topological polar surface area (TPSA) is 30.7 Å². The fraction of sp³-hybridized carbons (Fsp3) is 0.0943. The van der Waals surface area contributed by atoms with Crippen molar-refractivity contribution in [3.05, 3.63) is 192 Å². The lowest BCUT2D eigenvalue weighted by Gasteiger charge is -2.28. The molecule has 0 unspecified atom stereocenters. The van der Waals surface area contributed by atoms with Crippen LogP contribution < -0.4 is 0 Å². The van der Waals surface area contributed by atoms with Crippen molar-refractivity contribution >= 4 is 59.8 Å². The van der Waals surface area contributed by atoms with Gasteiger partial charge in [-0.3, -0.25) is 4.57 Å². The Morgan fingerprint density at radius 1 is 0.482 bits per heavy atom. The molecule has 8 aromatic carbocycles. The smallest absolute Gasteiger partial charge is 0.235 e. The fourth-order valence-electron chi connectivity index (χ4n) is 10.1. The number of hydrogen-bond donors (Lipinski definition) is 0. The summed E-state index contributed by atoms with van der Waals surface area (Å²) in [6.07, 6.45) is 2.19. The molecular weight excluding hydrogens is 679 g/mol. The summed E-state index contributed by atoms with van der Waals surface area (Å²) in [5, 5.41) is 8.09. The zero-order valence-corrected chi connectivity index (χ0v) is 31.3. The van der Waals surface area contributed by atoms with Crippen molar-refractivity contribution in [3.8, 4) is 28.3 Å². The predicted octanol–water partition coefficient (Wildman–Crippen LogP) is 13.4. The van der Waals surface area contributed by atoms with E-state index >= 15 is 0 Å². The van der Waals surface area contributed by atoms with E-state index in [-0.39, 0.29) is 5.41 Å². The average molecular weight is 716 g/mol. The molecule has 0 fully saturated rings. The van der Waals surface area contributed by atoms with Gasteiger partial charge >= 0.3 is 0 Å². The Morgan fingerprint density at radius 2 is 1.16 bits per heavy atom. The van der Waals surface area contributed by atoms with Gasteiger partial charge in [-0.1, -0.05) is 171 Å². The van der Waals surface area contributed by atoms with Crippen molar-refractivity contribution in [1.82, 2.24) is 14.5 Å². The molecule has 12 rings (SSSR count). The van der Waals surface area contributed by atoms with E-state index in [1.165, 1.54) is 60.5 Å². The van der Waals surface area contributed by atoms with Gasteiger partial charge in [0.15, 0.2) is 0 Å². The lowest BCUT2D eigenvalue weighted by molar-refractivity contribution is 0.604. The summed E-state index contributed by atoms with van der Waals surface area (Å²) in [6.45, 7) is 4.85. The van der Waals surface area contributed by atoms with Gasteiger partial charge in [0.05, 0.1) is 22.2 Å². The monoisotopic (exact) mass is 715 g/mol. The molecule has 0 saturated carbocycles. The van der Waals surface area contributed by atoms with E-state index in [1.54, 1.807) is 5.57 Å². The van der Waals surface area contributed by atoms with Crippen LogP contribution in [0.25, 0.3) is 88.2 Å². The number of aryl methyl sites for hydroxylation is 1. The highest BCUT2D eigenvalue weighted by molar-refractivity contribution is 6.21. The van der Waals surface area contributed by atoms with Gasteiger partial charge in [-0.05, 0) is 69.1 Å². The first-order valence-electron chi connectivity index (χ1n) is 19.7. The van der Waals surface area contributed by atoms with E-state index in [0.29, 0.717) is 5.95 Å². The van der Waals surface area contributed by atoms with E-state index in [1.807, 2.05) is 0 Å². The van der Waals surface area contributed by atoms with E-state index in [0.717, 1.165) is 56.8 Å². The zero-order chi connectivity index (χ0) is 37.1. The molecule has 0 spiro atoms. The first-order valence-corrected chi connectivity index (χ1v) is 19.7. The van der Waals surface area contributed by atoms with Crippen molar-refractivity contribution in [2.75, 3.05) is 0 Å². The quantitative estimate of drug-likeness (QED) is 0.171. The van der Waals surface area contributed by atoms with E-state index in [9.17, 15) is 0 Å². The van der Waals surface area contributed by atoms with Crippen LogP contribution >= 0.6 is 0 Å². The van der Waals surface area contributed by atoms with E-state index in [2.05, 4.69) is 182 Å². The van der Waals surface area contributed by atoms with Crippen LogP contribution in [-0.4, -0.2) is 14.5 Å². The number of fused-ring (bicyclic) bond motifs is 12. The Kier molecular flexibility index (Phi) is 6.52. The number of aromatic nitrogens is 3. The highest BCUT2D eigenvalue weighted by Gasteiger charge is 2.40. The van der Waals surface area contributed by atoms with Crippen LogP contribution in [-0.2, 0) is 11.8 Å². The lowest BCUT2D eigenvalue weighted by Crippen LogP contribution is -2.19. The summed E-state index contributed by atoms with van der Waals surface area (Å²) in [5.41, 5.74) is 16.2. The van der Waals surface area contributed by atoms with E-state index < -0.39 is 0 Å². The molecule has 0 radical (unpaired) electrons. The zero-order valence-electron chi connectivity index (χ0n) is 31.3. The van der Waals surface area contributed by atoms with Gasteiger partial charge < -0.3 is 0 Å². The largest absolute Gasteiger partial charge is 0.277 e. The number of para-hydroxylation sites is 1. The van der Waals surface area contributed by atoms with Gasteiger partial charge in [-0.2, -0.15) is 0 Å². The molecule has 2 aliphatic carbocycles. The molecule has 0 bridgehead atoms. The maximum absolute atomic E-state index is 5.57. The molecule has 3 heteroatoms. The van der Waals surface area contributed by atoms with Crippen molar-refractivity contribution < 1.29 is 0 Å². The van der Waals surface area contributed by atoms with Crippen molar-refractivity contribution in [3.63, 3.8) is 0 Å². The highest BCUT2D eigenvalue weighted by Crippen LogP contribution is 2.54. The van der Waals surface area contributed by atoms with E-state index in [4.69, 9.17) is 9.97 Å². The molecule has 10 aromatic rings. The predicted molar refractivity (Wildman–Crippen MR) is 234 cm³/mol. The van der Waals surface area contributed by atoms with Crippen LogP contribution in [0, 0.1) is 0 Å². The molecular formula is C53H37N3. The third-order valence-corrected chi connectivity index (χ3v) is 12.8. The maximum atomic E-state index is 5.57. The maximum Gasteiger partial charge on any atom is 0.235 e. The SMILES string of the molecule is CC1(C)C2=C(c3ccccc3CC2)c2ccc(-c3cccc4c5ccc6ccccc6c5n(-c5nc(-c6ccccc6)c6ccc7ccccc7c6n5)c34)cc21. The normalized spacial score (nSPS) is 14.5. The average Bonchev–Trinajstić information content (AvgIpc) is 3.72. The molecule has 0 atom stereocenters. The molecule has 3 nitrogen and oxygen atoms in total. The number of nitrogens with zero attached hydrogens (tertiary/aromatic N) is 3. The van der Waals surface area contributed by atoms with Crippen LogP contribution in [0.1, 0.15) is 42.5 Å². The minimum Gasteiger partial charge on any atom is -0.277 e. The van der Waals surface area contributed by atoms with Crippen LogP contribution in [0.2, 0.25) is 0 Å². The number of benzene rings is 8. The first-order chi connectivity index (χ1) is 27.5. The summed E-state index contributed by atoms with van der Waals surface area (Å²) in [5.74, 6) is 0.673. The van der Waals surface area contributed by atoms with Crippen LogP contribution in [0.4, 0.5) is 0 Å². The Hall–Kier alpha value is -6.84. The fourth-order valence-corrected chi connectivity index (χ4v) is 10.1. The molecule has 2 aliphatic rings. The van der Waals surface area contributed by atoms with Gasteiger partial charge in [0.2, 0.25) is 5.95 Å². The first kappa shape index (κ1) is 31.5. The summed E-state index contributed by atoms with van der Waals surface area (Å²) < 4.78 is 2.37. The number of hydrogen-bond acceptors (Lipinski definition) is 2. The molecule has 264 valence electrons. The summed E-state index contributed by atoms with van der Waals surface area (Å²) in [7, 11) is 0. The van der Waals surface area contributed by atoms with Crippen LogP contribution in [0.15, 0.2) is 169 Å². The molecule has 2 aromatic heterocycles. The Balaban J connectivity index is 1.19. The van der Waals surface area contributed by atoms with Crippen LogP contribution in [0.3, 0.4) is 0 Å². The van der Waals surface area contributed by atoms with Gasteiger partial charge in [0.25, 0.3) is 0 Å². The molecule has 56 heavy (non-hydrogen) atoms. The standard InChI is InChI=1S/C53H37N3/c1-53(2)45-30-26-32-13-6-9-18-37(32)47(45)43-28-25-36(31-46(43)53)40-21-12-22-41-42-27-23-34-15-8-11-20-39(34)50(42)56(51(40)41)52-54-48(35-16-4-3-5-17-35)44-29-24-33-14-7-10-19-38(33)49(44)55-52/h3-25,27-29,31H,26,30H2,1-2H3. The third-order valence-electron chi connectivity index (χ3n) is 12.8. The van der Waals surface area contributed by atoms with Gasteiger partial charge in [0, 0.05) is 43.5 Å². The Bertz CT molecular complexity index is 3330. The Labute approximate surface area is 325 Å². The van der Waals surface area contributed by atoms with Gasteiger partial charge in [0.1, 0.15) is 0 Å². The molecule has 0 N–H and O–H groups in total. The highest BCUT2D eigenvalue weighted by atomic mass is 15.2. The molecule has 2 heterocycles. The number of rotatable bonds is 3. The van der Waals surface area contributed by atoms with Gasteiger partial charge in [-0.15, -0.1) is 0 Å². The third kappa shape index (κ3) is 4.34. The summed E-state index contributed by atoms with van der Waals surface area (Å²) in [4.78, 5) is 11.1. The molecule has 0 amide bonds. The number of allylic oxidation sites excluding steroid dienone is 1. The Morgan fingerprint density at radius 3 is 2.02 bits per heavy atom. The lowest BCUT2D eigenvalue weighted by atomic mass is 9.76. The van der Waals surface area contributed by atoms with Crippen molar-refractivity contribution in [1.29, 1.82) is 0 Å². The van der Waals surface area contributed by atoms with Crippen LogP contribution in [0.5, 0.6) is 0 Å². The summed E-state index contributed by atoms with van der Waals surface area (Å²) >= 11 is 0. The second kappa shape index (κ2) is 11.6. The molecule has 0 saturated heterocycles. The molecule has 0 aliphatic heterocycles. The minimum absolute atomic E-state index is 0.0713. The van der Waals surface area contributed by atoms with Crippen molar-refractivity contribution in [2.45, 2.75) is 32.1 Å².